The van der Waals surface area contributed by atoms with Crippen LogP contribution in [0.5, 0.6) is 0 Å². The van der Waals surface area contributed by atoms with Gasteiger partial charge >= 0.3 is 6.18 Å². The van der Waals surface area contributed by atoms with Gasteiger partial charge in [-0.25, -0.2) is 8.42 Å². The molecule has 3 aromatic carbocycles. The maximum absolute atomic E-state index is 14.0. The van der Waals surface area contributed by atoms with Crippen molar-refractivity contribution in [1.29, 1.82) is 0 Å². The van der Waals surface area contributed by atoms with E-state index in [1.54, 1.807) is 12.1 Å². The number of carbonyl (C=O) groups is 2. The van der Waals surface area contributed by atoms with Gasteiger partial charge in [0, 0.05) is 12.6 Å². The van der Waals surface area contributed by atoms with E-state index in [9.17, 15) is 31.2 Å². The Bertz CT molecular complexity index is 1620. The molecule has 0 radical (unpaired) electrons. The molecule has 0 aliphatic heterocycles. The standard InChI is InChI=1S/C30H29Cl3F3N3O4S/c1-19(29(41)37-21-7-5-6-8-21)38(17-20-11-13-26(32)27(33)15-20)28(40)18-39(44(42,43)23-9-3-2-4-10-23)22-12-14-25(31)24(16-22)30(34,35)36/h2-4,9-16,19,21H,5-8,17-18H2,1H3,(H,37,41)/t19-/m0/s1. The zero-order chi connectivity index (χ0) is 32.2. The summed E-state index contributed by atoms with van der Waals surface area (Å²) in [6, 6.07) is 13.1. The van der Waals surface area contributed by atoms with Crippen LogP contribution in [0.15, 0.2) is 71.6 Å². The molecule has 1 atom stereocenters. The lowest BCUT2D eigenvalue weighted by Crippen LogP contribution is -2.52. The summed E-state index contributed by atoms with van der Waals surface area (Å²) < 4.78 is 69.6. The zero-order valence-corrected chi connectivity index (χ0v) is 26.5. The molecule has 0 unspecified atom stereocenters. The van der Waals surface area contributed by atoms with Crippen LogP contribution in [0.3, 0.4) is 0 Å². The number of hydrogen-bond donors (Lipinski definition) is 1. The van der Waals surface area contributed by atoms with Gasteiger partial charge in [0.2, 0.25) is 11.8 Å². The molecule has 7 nitrogen and oxygen atoms in total. The third-order valence-corrected chi connectivity index (χ3v) is 10.2. The number of benzene rings is 3. The smallest absolute Gasteiger partial charge is 0.352 e. The summed E-state index contributed by atoms with van der Waals surface area (Å²) in [5.74, 6) is -1.29. The molecule has 0 heterocycles. The highest BCUT2D eigenvalue weighted by Gasteiger charge is 2.37. The minimum Gasteiger partial charge on any atom is -0.352 e. The minimum absolute atomic E-state index is 0.0586. The van der Waals surface area contributed by atoms with Crippen molar-refractivity contribution in [2.75, 3.05) is 10.8 Å². The summed E-state index contributed by atoms with van der Waals surface area (Å²) in [7, 11) is -4.57. The number of nitrogens with zero attached hydrogens (tertiary/aromatic N) is 2. The van der Waals surface area contributed by atoms with Crippen LogP contribution in [0.2, 0.25) is 15.1 Å². The second-order valence-electron chi connectivity index (χ2n) is 10.4. The number of sulfonamides is 1. The number of amides is 2. The highest BCUT2D eigenvalue weighted by atomic mass is 35.5. The van der Waals surface area contributed by atoms with Crippen LogP contribution in [0.25, 0.3) is 0 Å². The van der Waals surface area contributed by atoms with Crippen molar-refractivity contribution in [2.24, 2.45) is 0 Å². The molecular formula is C30H29Cl3F3N3O4S. The van der Waals surface area contributed by atoms with Crippen LogP contribution in [0, 0.1) is 0 Å². The van der Waals surface area contributed by atoms with Gasteiger partial charge in [-0.05, 0) is 67.8 Å². The normalized spacial score (nSPS) is 14.7. The topological polar surface area (TPSA) is 86.8 Å². The lowest BCUT2D eigenvalue weighted by atomic mass is 10.1. The van der Waals surface area contributed by atoms with E-state index in [0.29, 0.717) is 15.9 Å². The van der Waals surface area contributed by atoms with E-state index < -0.39 is 56.9 Å². The molecule has 0 saturated heterocycles. The summed E-state index contributed by atoms with van der Waals surface area (Å²) in [5, 5.41) is 2.77. The van der Waals surface area contributed by atoms with Crippen LogP contribution in [-0.4, -0.2) is 43.8 Å². The lowest BCUT2D eigenvalue weighted by molar-refractivity contribution is -0.139. The molecule has 2 amide bonds. The fourth-order valence-corrected chi connectivity index (χ4v) is 6.92. The molecule has 0 spiro atoms. The third kappa shape index (κ3) is 7.99. The summed E-state index contributed by atoms with van der Waals surface area (Å²) in [6.07, 6.45) is -1.40. The Morgan fingerprint density at radius 2 is 1.57 bits per heavy atom. The van der Waals surface area contributed by atoms with Crippen LogP contribution >= 0.6 is 34.8 Å². The zero-order valence-electron chi connectivity index (χ0n) is 23.5. The van der Waals surface area contributed by atoms with E-state index in [-0.39, 0.29) is 27.5 Å². The number of alkyl halides is 3. The first-order valence-electron chi connectivity index (χ1n) is 13.7. The fourth-order valence-electron chi connectivity index (χ4n) is 4.94. The maximum atomic E-state index is 14.0. The SMILES string of the molecule is C[C@@H](C(=O)NC1CCCC1)N(Cc1ccc(Cl)c(Cl)c1)C(=O)CN(c1ccc(Cl)c(C(F)(F)F)c1)S(=O)(=O)c1ccccc1. The number of carbonyl (C=O) groups excluding carboxylic acids is 2. The Kier molecular flexibility index (Phi) is 10.8. The molecule has 0 aromatic heterocycles. The lowest BCUT2D eigenvalue weighted by Gasteiger charge is -2.32. The van der Waals surface area contributed by atoms with Crippen molar-refractivity contribution >= 4 is 62.3 Å². The van der Waals surface area contributed by atoms with E-state index in [4.69, 9.17) is 34.8 Å². The first-order valence-corrected chi connectivity index (χ1v) is 16.2. The van der Waals surface area contributed by atoms with Crippen molar-refractivity contribution in [3.05, 3.63) is 92.9 Å². The number of anilines is 1. The van der Waals surface area contributed by atoms with Crippen molar-refractivity contribution in [3.63, 3.8) is 0 Å². The highest BCUT2D eigenvalue weighted by molar-refractivity contribution is 7.92. The predicted molar refractivity (Wildman–Crippen MR) is 164 cm³/mol. The second-order valence-corrected chi connectivity index (χ2v) is 13.5. The van der Waals surface area contributed by atoms with Crippen molar-refractivity contribution < 1.29 is 31.2 Å². The quantitative estimate of drug-likeness (QED) is 0.241. The Balaban J connectivity index is 1.75. The van der Waals surface area contributed by atoms with Gasteiger partial charge in [0.1, 0.15) is 12.6 Å². The number of hydrogen-bond acceptors (Lipinski definition) is 4. The van der Waals surface area contributed by atoms with Gasteiger partial charge in [0.15, 0.2) is 0 Å². The molecule has 14 heteroatoms. The number of halogens is 6. The summed E-state index contributed by atoms with van der Waals surface area (Å²) in [5.41, 5.74) is -1.21. The highest BCUT2D eigenvalue weighted by Crippen LogP contribution is 2.38. The maximum Gasteiger partial charge on any atom is 0.417 e. The van der Waals surface area contributed by atoms with Crippen molar-refractivity contribution in [3.8, 4) is 0 Å². The second kappa shape index (κ2) is 14.0. The van der Waals surface area contributed by atoms with Crippen LogP contribution in [0.1, 0.15) is 43.7 Å². The summed E-state index contributed by atoms with van der Waals surface area (Å²) in [6.45, 7) is 0.418. The predicted octanol–water partition coefficient (Wildman–Crippen LogP) is 7.34. The average molecular weight is 691 g/mol. The van der Waals surface area contributed by atoms with Crippen LogP contribution in [-0.2, 0) is 32.3 Å². The van der Waals surface area contributed by atoms with Crippen molar-refractivity contribution in [1.82, 2.24) is 10.2 Å². The van der Waals surface area contributed by atoms with E-state index in [2.05, 4.69) is 5.32 Å². The third-order valence-electron chi connectivity index (χ3n) is 7.36. The van der Waals surface area contributed by atoms with Gasteiger partial charge < -0.3 is 10.2 Å². The van der Waals surface area contributed by atoms with Crippen LogP contribution in [0.4, 0.5) is 18.9 Å². The van der Waals surface area contributed by atoms with E-state index in [1.807, 2.05) is 0 Å². The summed E-state index contributed by atoms with van der Waals surface area (Å²) >= 11 is 18.0. The number of rotatable bonds is 10. The first-order chi connectivity index (χ1) is 20.7. The van der Waals surface area contributed by atoms with Gasteiger partial charge in [-0.1, -0.05) is 71.9 Å². The largest absolute Gasteiger partial charge is 0.417 e. The molecule has 0 bridgehead atoms. The molecule has 4 rings (SSSR count). The Morgan fingerprint density at radius 3 is 2.18 bits per heavy atom. The first kappa shape index (κ1) is 33.9. The molecule has 1 aliphatic rings. The number of nitrogens with one attached hydrogen (secondary N) is 1. The van der Waals surface area contributed by atoms with E-state index in [1.165, 1.54) is 43.3 Å². The fraction of sp³-hybridized carbons (Fsp3) is 0.333. The average Bonchev–Trinajstić information content (AvgIpc) is 3.49. The molecule has 236 valence electrons. The summed E-state index contributed by atoms with van der Waals surface area (Å²) in [4.78, 5) is 28.2. The molecule has 1 fully saturated rings. The molecule has 1 aliphatic carbocycles. The molecule has 44 heavy (non-hydrogen) atoms. The van der Waals surface area contributed by atoms with Gasteiger partial charge in [0.05, 0.1) is 31.2 Å². The molecule has 3 aromatic rings. The molecular weight excluding hydrogens is 662 g/mol. The Hall–Kier alpha value is -2.99. The Morgan fingerprint density at radius 1 is 0.932 bits per heavy atom. The Labute approximate surface area is 268 Å². The van der Waals surface area contributed by atoms with Crippen LogP contribution < -0.4 is 9.62 Å². The minimum atomic E-state index is -4.90. The van der Waals surface area contributed by atoms with Gasteiger partial charge in [-0.2, -0.15) is 13.2 Å². The van der Waals surface area contributed by atoms with E-state index in [0.717, 1.165) is 42.7 Å². The van der Waals surface area contributed by atoms with E-state index >= 15 is 0 Å². The molecule has 1 N–H and O–H groups in total. The van der Waals surface area contributed by atoms with Gasteiger partial charge in [0.25, 0.3) is 10.0 Å². The van der Waals surface area contributed by atoms with Gasteiger partial charge in [-0.15, -0.1) is 0 Å². The van der Waals surface area contributed by atoms with Crippen molar-refractivity contribution in [2.45, 2.75) is 62.3 Å². The van der Waals surface area contributed by atoms with Gasteiger partial charge in [-0.3, -0.25) is 13.9 Å². The monoisotopic (exact) mass is 689 g/mol. The molecule has 1 saturated carbocycles.